The van der Waals surface area contributed by atoms with E-state index in [9.17, 15) is 0 Å². The molecule has 1 unspecified atom stereocenters. The standard InChI is InChI=1S/C12H11BrINS/c1-15-12(10-6-16-7-11(10)13)8-2-4-9(14)5-3-8/h2-7,12,15H,1H3. The van der Waals surface area contributed by atoms with Crippen molar-refractivity contribution in [3.8, 4) is 0 Å². The zero-order valence-electron chi connectivity index (χ0n) is 8.71. The van der Waals surface area contributed by atoms with Crippen LogP contribution in [-0.2, 0) is 0 Å². The Bertz CT molecular complexity index is 466. The number of hydrogen-bond acceptors (Lipinski definition) is 2. The normalized spacial score (nSPS) is 12.7. The summed E-state index contributed by atoms with van der Waals surface area (Å²) in [5, 5.41) is 7.66. The van der Waals surface area contributed by atoms with E-state index < -0.39 is 0 Å². The van der Waals surface area contributed by atoms with Crippen LogP contribution in [0.15, 0.2) is 39.5 Å². The topological polar surface area (TPSA) is 12.0 Å². The number of halogens is 2. The number of thiophene rings is 1. The van der Waals surface area contributed by atoms with E-state index in [4.69, 9.17) is 0 Å². The van der Waals surface area contributed by atoms with Gasteiger partial charge in [-0.15, -0.1) is 0 Å². The zero-order valence-corrected chi connectivity index (χ0v) is 13.3. The van der Waals surface area contributed by atoms with Crippen molar-refractivity contribution in [2.24, 2.45) is 0 Å². The summed E-state index contributed by atoms with van der Waals surface area (Å²) in [7, 11) is 1.99. The minimum absolute atomic E-state index is 0.262. The van der Waals surface area contributed by atoms with E-state index in [1.54, 1.807) is 11.3 Å². The van der Waals surface area contributed by atoms with Crippen LogP contribution >= 0.6 is 49.9 Å². The van der Waals surface area contributed by atoms with Crippen molar-refractivity contribution < 1.29 is 0 Å². The summed E-state index contributed by atoms with van der Waals surface area (Å²) in [5.41, 5.74) is 2.59. The second-order valence-electron chi connectivity index (χ2n) is 3.45. The Morgan fingerprint density at radius 2 is 1.94 bits per heavy atom. The summed E-state index contributed by atoms with van der Waals surface area (Å²) in [6.45, 7) is 0. The lowest BCUT2D eigenvalue weighted by Crippen LogP contribution is -2.17. The SMILES string of the molecule is CNC(c1ccc(I)cc1)c1cscc1Br. The van der Waals surface area contributed by atoms with Gasteiger partial charge in [-0.05, 0) is 74.2 Å². The molecule has 0 saturated heterocycles. The third-order valence-electron chi connectivity index (χ3n) is 2.45. The number of benzene rings is 1. The van der Waals surface area contributed by atoms with Crippen LogP contribution in [0.3, 0.4) is 0 Å². The molecule has 1 aromatic carbocycles. The molecule has 0 saturated carbocycles. The first-order valence-electron chi connectivity index (χ1n) is 4.86. The smallest absolute Gasteiger partial charge is 0.0593 e. The maximum atomic E-state index is 3.59. The highest BCUT2D eigenvalue weighted by Crippen LogP contribution is 2.31. The van der Waals surface area contributed by atoms with Crippen LogP contribution in [0.25, 0.3) is 0 Å². The molecular weight excluding hydrogens is 397 g/mol. The lowest BCUT2D eigenvalue weighted by atomic mass is 10.0. The van der Waals surface area contributed by atoms with Gasteiger partial charge in [-0.2, -0.15) is 11.3 Å². The molecule has 0 aliphatic rings. The Morgan fingerprint density at radius 1 is 1.25 bits per heavy atom. The van der Waals surface area contributed by atoms with Gasteiger partial charge in [-0.3, -0.25) is 0 Å². The average Bonchev–Trinajstić information content (AvgIpc) is 2.69. The summed E-state index contributed by atoms with van der Waals surface area (Å²) in [4.78, 5) is 0. The summed E-state index contributed by atoms with van der Waals surface area (Å²) in [6.07, 6.45) is 0. The molecule has 2 rings (SSSR count). The second kappa shape index (κ2) is 5.62. The van der Waals surface area contributed by atoms with Gasteiger partial charge in [0.25, 0.3) is 0 Å². The van der Waals surface area contributed by atoms with Crippen molar-refractivity contribution in [2.75, 3.05) is 7.05 Å². The van der Waals surface area contributed by atoms with Gasteiger partial charge in [-0.1, -0.05) is 12.1 Å². The summed E-state index contributed by atoms with van der Waals surface area (Å²) < 4.78 is 2.44. The third-order valence-corrected chi connectivity index (χ3v) is 4.92. The van der Waals surface area contributed by atoms with E-state index in [2.05, 4.69) is 78.9 Å². The zero-order chi connectivity index (χ0) is 11.5. The fourth-order valence-electron chi connectivity index (χ4n) is 1.65. The van der Waals surface area contributed by atoms with Gasteiger partial charge in [0, 0.05) is 13.4 Å². The Kier molecular flexibility index (Phi) is 4.41. The van der Waals surface area contributed by atoms with Gasteiger partial charge < -0.3 is 5.32 Å². The van der Waals surface area contributed by atoms with Crippen LogP contribution in [-0.4, -0.2) is 7.05 Å². The molecule has 4 heteroatoms. The van der Waals surface area contributed by atoms with Crippen molar-refractivity contribution in [1.82, 2.24) is 5.32 Å². The molecule has 84 valence electrons. The molecule has 1 atom stereocenters. The maximum absolute atomic E-state index is 3.59. The molecule has 0 bridgehead atoms. The molecule has 1 nitrogen and oxygen atoms in total. The molecule has 2 aromatic rings. The van der Waals surface area contributed by atoms with E-state index in [1.807, 2.05) is 7.05 Å². The van der Waals surface area contributed by atoms with E-state index >= 15 is 0 Å². The van der Waals surface area contributed by atoms with Crippen LogP contribution in [0.2, 0.25) is 0 Å². The fraction of sp³-hybridized carbons (Fsp3) is 0.167. The Labute approximate surface area is 122 Å². The first-order chi connectivity index (χ1) is 7.72. The average molecular weight is 408 g/mol. The molecule has 16 heavy (non-hydrogen) atoms. The number of nitrogens with one attached hydrogen (secondary N) is 1. The van der Waals surface area contributed by atoms with Crippen molar-refractivity contribution in [2.45, 2.75) is 6.04 Å². The van der Waals surface area contributed by atoms with Gasteiger partial charge in [0.15, 0.2) is 0 Å². The molecule has 1 aromatic heterocycles. The predicted molar refractivity (Wildman–Crippen MR) is 82.1 cm³/mol. The Morgan fingerprint density at radius 3 is 2.44 bits per heavy atom. The molecule has 1 N–H and O–H groups in total. The molecule has 1 heterocycles. The lowest BCUT2D eigenvalue weighted by molar-refractivity contribution is 0.691. The first-order valence-corrected chi connectivity index (χ1v) is 7.68. The van der Waals surface area contributed by atoms with Crippen molar-refractivity contribution in [3.63, 3.8) is 0 Å². The molecule has 0 radical (unpaired) electrons. The Balaban J connectivity index is 2.37. The van der Waals surface area contributed by atoms with Gasteiger partial charge in [0.1, 0.15) is 0 Å². The quantitative estimate of drug-likeness (QED) is 0.742. The highest BCUT2D eigenvalue weighted by molar-refractivity contribution is 14.1. The predicted octanol–water partition coefficient (Wildman–Crippen LogP) is 4.42. The van der Waals surface area contributed by atoms with E-state index in [0.717, 1.165) is 0 Å². The summed E-state index contributed by atoms with van der Waals surface area (Å²) in [5.74, 6) is 0. The summed E-state index contributed by atoms with van der Waals surface area (Å²) in [6, 6.07) is 8.89. The van der Waals surface area contributed by atoms with Crippen molar-refractivity contribution >= 4 is 49.9 Å². The maximum Gasteiger partial charge on any atom is 0.0593 e. The van der Waals surface area contributed by atoms with Crippen LogP contribution in [0.4, 0.5) is 0 Å². The monoisotopic (exact) mass is 407 g/mol. The summed E-state index contributed by atoms with van der Waals surface area (Å²) >= 11 is 7.63. The van der Waals surface area contributed by atoms with E-state index in [-0.39, 0.29) is 6.04 Å². The minimum Gasteiger partial charge on any atom is -0.309 e. The van der Waals surface area contributed by atoms with Gasteiger partial charge in [0.2, 0.25) is 0 Å². The molecule has 0 amide bonds. The minimum atomic E-state index is 0.262. The first kappa shape index (κ1) is 12.5. The van der Waals surface area contributed by atoms with Gasteiger partial charge in [0.05, 0.1) is 6.04 Å². The number of hydrogen-bond donors (Lipinski definition) is 1. The third kappa shape index (κ3) is 2.67. The van der Waals surface area contributed by atoms with Crippen molar-refractivity contribution in [3.05, 3.63) is 54.2 Å². The molecule has 0 spiro atoms. The van der Waals surface area contributed by atoms with Gasteiger partial charge in [-0.25, -0.2) is 0 Å². The fourth-order valence-corrected chi connectivity index (χ4v) is 3.57. The molecule has 0 aliphatic heterocycles. The highest BCUT2D eigenvalue weighted by Gasteiger charge is 2.15. The highest BCUT2D eigenvalue weighted by atomic mass is 127. The van der Waals surface area contributed by atoms with Crippen LogP contribution in [0.1, 0.15) is 17.2 Å². The number of rotatable bonds is 3. The van der Waals surface area contributed by atoms with Gasteiger partial charge >= 0.3 is 0 Å². The van der Waals surface area contributed by atoms with E-state index in [1.165, 1.54) is 19.2 Å². The Hall–Kier alpha value is 0.0900. The molecule has 0 aliphatic carbocycles. The van der Waals surface area contributed by atoms with Crippen LogP contribution in [0, 0.1) is 3.57 Å². The van der Waals surface area contributed by atoms with Crippen LogP contribution < -0.4 is 5.32 Å². The van der Waals surface area contributed by atoms with Crippen molar-refractivity contribution in [1.29, 1.82) is 0 Å². The molecular formula is C12H11BrINS. The van der Waals surface area contributed by atoms with Crippen LogP contribution in [0.5, 0.6) is 0 Å². The lowest BCUT2D eigenvalue weighted by Gasteiger charge is -2.16. The largest absolute Gasteiger partial charge is 0.309 e. The molecule has 0 fully saturated rings. The van der Waals surface area contributed by atoms with E-state index in [0.29, 0.717) is 0 Å². The second-order valence-corrected chi connectivity index (χ2v) is 6.29.